The molecule has 34 heavy (non-hydrogen) atoms. The Morgan fingerprint density at radius 3 is 2.44 bits per heavy atom. The van der Waals surface area contributed by atoms with Crippen molar-refractivity contribution in [2.75, 3.05) is 32.9 Å². The summed E-state index contributed by atoms with van der Waals surface area (Å²) in [5, 5.41) is 10.1. The number of phenols is 1. The van der Waals surface area contributed by atoms with E-state index in [1.54, 1.807) is 12.1 Å². The zero-order valence-corrected chi connectivity index (χ0v) is 19.6. The molecule has 0 bridgehead atoms. The van der Waals surface area contributed by atoms with E-state index in [-0.39, 0.29) is 24.4 Å². The highest BCUT2D eigenvalue weighted by molar-refractivity contribution is 5.95. The Labute approximate surface area is 200 Å². The molecule has 3 aromatic rings. The zero-order chi connectivity index (χ0) is 23.7. The van der Waals surface area contributed by atoms with Gasteiger partial charge in [-0.15, -0.1) is 0 Å². The van der Waals surface area contributed by atoms with Crippen molar-refractivity contribution in [3.8, 4) is 17.2 Å². The van der Waals surface area contributed by atoms with Crippen molar-refractivity contribution >= 4 is 11.1 Å². The molecular formula is C29H30FNO3. The Morgan fingerprint density at radius 2 is 1.74 bits per heavy atom. The molecular weight excluding hydrogens is 429 g/mol. The van der Waals surface area contributed by atoms with Crippen molar-refractivity contribution in [3.05, 3.63) is 89.0 Å². The first-order valence-electron chi connectivity index (χ1n) is 11.8. The molecule has 5 rings (SSSR count). The number of halogens is 1. The Kier molecular flexibility index (Phi) is 6.29. The van der Waals surface area contributed by atoms with Crippen molar-refractivity contribution in [1.82, 2.24) is 4.90 Å². The van der Waals surface area contributed by atoms with Crippen LogP contribution in [0.1, 0.15) is 35.3 Å². The van der Waals surface area contributed by atoms with E-state index in [1.165, 1.54) is 5.56 Å². The molecule has 5 heteroatoms. The van der Waals surface area contributed by atoms with Gasteiger partial charge in [0.1, 0.15) is 30.0 Å². The van der Waals surface area contributed by atoms with Gasteiger partial charge in [0, 0.05) is 36.7 Å². The number of ether oxygens (including phenoxy) is 2. The monoisotopic (exact) mass is 459 g/mol. The van der Waals surface area contributed by atoms with Gasteiger partial charge < -0.3 is 14.6 Å². The number of allylic oxidation sites excluding steroid dienone is 1. The largest absolute Gasteiger partial charge is 0.508 e. The summed E-state index contributed by atoms with van der Waals surface area (Å²) in [4.78, 5) is 2.21. The standard InChI is InChI=1S/C29H30FNO3/c1-19-3-5-22(6-4-19)28-20(2)26-15-24(32)9-12-27(26)34-29(28)23-7-10-25(11-8-23)33-14-13-31-17-21(16-30)18-31/h3-12,15,21,29,32H,13-14,16-18H2,1-2H3/t29-/m1/s1. The molecule has 3 aromatic carbocycles. The van der Waals surface area contributed by atoms with E-state index in [4.69, 9.17) is 9.47 Å². The van der Waals surface area contributed by atoms with Gasteiger partial charge in [0.05, 0.1) is 6.67 Å². The quantitative estimate of drug-likeness (QED) is 0.467. The van der Waals surface area contributed by atoms with E-state index >= 15 is 0 Å². The highest BCUT2D eigenvalue weighted by Crippen LogP contribution is 2.47. The summed E-state index contributed by atoms with van der Waals surface area (Å²) in [6.07, 6.45) is -0.271. The maximum atomic E-state index is 12.6. The summed E-state index contributed by atoms with van der Waals surface area (Å²) in [5.41, 5.74) is 6.43. The molecule has 0 radical (unpaired) electrons. The van der Waals surface area contributed by atoms with E-state index < -0.39 is 0 Å². The molecule has 0 unspecified atom stereocenters. The third kappa shape index (κ3) is 4.53. The fraction of sp³-hybridized carbons (Fsp3) is 0.310. The Hall–Kier alpha value is -3.31. The minimum atomic E-state index is -0.271. The van der Waals surface area contributed by atoms with Crippen LogP contribution >= 0.6 is 0 Å². The molecule has 2 aliphatic heterocycles. The second-order valence-electron chi connectivity index (χ2n) is 9.28. The van der Waals surface area contributed by atoms with E-state index in [0.29, 0.717) is 6.61 Å². The minimum Gasteiger partial charge on any atom is -0.508 e. The second kappa shape index (κ2) is 9.51. The number of fused-ring (bicyclic) bond motifs is 1. The minimum absolute atomic E-state index is 0.197. The van der Waals surface area contributed by atoms with Gasteiger partial charge in [-0.1, -0.05) is 42.0 Å². The van der Waals surface area contributed by atoms with Crippen molar-refractivity contribution in [2.45, 2.75) is 20.0 Å². The Balaban J connectivity index is 1.37. The summed E-state index contributed by atoms with van der Waals surface area (Å²) < 4.78 is 25.0. The second-order valence-corrected chi connectivity index (χ2v) is 9.28. The number of hydrogen-bond acceptors (Lipinski definition) is 4. The fourth-order valence-electron chi connectivity index (χ4n) is 4.77. The van der Waals surface area contributed by atoms with E-state index in [2.05, 4.69) is 55.1 Å². The number of phenolic OH excluding ortho intramolecular Hbond substituents is 1. The number of alkyl halides is 1. The first-order chi connectivity index (χ1) is 16.5. The van der Waals surface area contributed by atoms with Crippen LogP contribution in [0.2, 0.25) is 0 Å². The van der Waals surface area contributed by atoms with Gasteiger partial charge in [0.25, 0.3) is 0 Å². The number of rotatable bonds is 7. The van der Waals surface area contributed by atoms with Gasteiger partial charge in [-0.2, -0.15) is 0 Å². The molecule has 1 fully saturated rings. The molecule has 1 saturated heterocycles. The number of hydrogen-bond donors (Lipinski definition) is 1. The van der Waals surface area contributed by atoms with E-state index in [1.807, 2.05) is 18.2 Å². The van der Waals surface area contributed by atoms with Crippen LogP contribution in [-0.2, 0) is 0 Å². The van der Waals surface area contributed by atoms with Crippen LogP contribution in [0.4, 0.5) is 4.39 Å². The highest BCUT2D eigenvalue weighted by Gasteiger charge is 2.30. The smallest absolute Gasteiger partial charge is 0.150 e. The lowest BCUT2D eigenvalue weighted by Gasteiger charge is -2.37. The normalized spacial score (nSPS) is 18.3. The molecule has 4 nitrogen and oxygen atoms in total. The lowest BCUT2D eigenvalue weighted by molar-refractivity contribution is 0.0668. The summed E-state index contributed by atoms with van der Waals surface area (Å²) in [5.74, 6) is 1.99. The van der Waals surface area contributed by atoms with Crippen LogP contribution in [0.25, 0.3) is 11.1 Å². The summed E-state index contributed by atoms with van der Waals surface area (Å²) >= 11 is 0. The number of nitrogens with zero attached hydrogens (tertiary/aromatic N) is 1. The predicted octanol–water partition coefficient (Wildman–Crippen LogP) is 6.05. The average molecular weight is 460 g/mol. The van der Waals surface area contributed by atoms with Crippen LogP contribution in [0, 0.1) is 12.8 Å². The topological polar surface area (TPSA) is 41.9 Å². The molecule has 0 aromatic heterocycles. The van der Waals surface area contributed by atoms with Crippen LogP contribution in [-0.4, -0.2) is 42.9 Å². The van der Waals surface area contributed by atoms with E-state index in [9.17, 15) is 9.50 Å². The molecule has 0 saturated carbocycles. The molecule has 0 spiro atoms. The van der Waals surface area contributed by atoms with Crippen LogP contribution in [0.5, 0.6) is 17.2 Å². The molecule has 2 heterocycles. The molecule has 1 atom stereocenters. The van der Waals surface area contributed by atoms with Crippen LogP contribution < -0.4 is 9.47 Å². The van der Waals surface area contributed by atoms with Crippen molar-refractivity contribution < 1.29 is 19.0 Å². The van der Waals surface area contributed by atoms with Crippen molar-refractivity contribution in [1.29, 1.82) is 0 Å². The Morgan fingerprint density at radius 1 is 1.00 bits per heavy atom. The molecule has 0 amide bonds. The third-order valence-electron chi connectivity index (χ3n) is 6.75. The summed E-state index contributed by atoms with van der Waals surface area (Å²) in [6, 6.07) is 21.8. The number of aryl methyl sites for hydroxylation is 1. The zero-order valence-electron chi connectivity index (χ0n) is 19.6. The van der Waals surface area contributed by atoms with Gasteiger partial charge in [-0.05, 0) is 60.9 Å². The summed E-state index contributed by atoms with van der Waals surface area (Å²) in [7, 11) is 0. The van der Waals surface area contributed by atoms with Crippen LogP contribution in [0.15, 0.2) is 66.7 Å². The average Bonchev–Trinajstić information content (AvgIpc) is 2.82. The lowest BCUT2D eigenvalue weighted by Crippen LogP contribution is -2.49. The predicted molar refractivity (Wildman–Crippen MR) is 133 cm³/mol. The maximum Gasteiger partial charge on any atom is 0.150 e. The lowest BCUT2D eigenvalue weighted by atomic mass is 9.86. The third-order valence-corrected chi connectivity index (χ3v) is 6.75. The van der Waals surface area contributed by atoms with Crippen molar-refractivity contribution in [2.24, 2.45) is 5.92 Å². The first-order valence-corrected chi connectivity index (χ1v) is 11.8. The maximum absolute atomic E-state index is 12.6. The molecule has 0 aliphatic carbocycles. The molecule has 176 valence electrons. The number of aromatic hydroxyl groups is 1. The number of likely N-dealkylation sites (tertiary alicyclic amines) is 1. The summed E-state index contributed by atoms with van der Waals surface area (Å²) in [6.45, 7) is 6.98. The van der Waals surface area contributed by atoms with Gasteiger partial charge in [-0.25, -0.2) is 0 Å². The highest BCUT2D eigenvalue weighted by atomic mass is 19.1. The van der Waals surface area contributed by atoms with Gasteiger partial charge in [0.2, 0.25) is 0 Å². The SMILES string of the molecule is CC1=C(c2ccc(C)cc2)[C@@H](c2ccc(OCCN3CC(CF)C3)cc2)Oc2ccc(O)cc21. The van der Waals surface area contributed by atoms with E-state index in [0.717, 1.165) is 59.0 Å². The van der Waals surface area contributed by atoms with Crippen LogP contribution in [0.3, 0.4) is 0 Å². The van der Waals surface area contributed by atoms with Gasteiger partial charge in [-0.3, -0.25) is 9.29 Å². The molecule has 1 N–H and O–H groups in total. The molecule has 2 aliphatic rings. The number of benzene rings is 3. The fourth-order valence-corrected chi connectivity index (χ4v) is 4.77. The first kappa shape index (κ1) is 22.5. The Bertz CT molecular complexity index is 1180. The van der Waals surface area contributed by atoms with Gasteiger partial charge in [0.15, 0.2) is 0 Å². The van der Waals surface area contributed by atoms with Gasteiger partial charge >= 0.3 is 0 Å². The van der Waals surface area contributed by atoms with Crippen molar-refractivity contribution in [3.63, 3.8) is 0 Å².